The maximum Gasteiger partial charge on any atom is 0.243 e. The predicted octanol–water partition coefficient (Wildman–Crippen LogP) is 6.40. The van der Waals surface area contributed by atoms with Crippen molar-refractivity contribution in [3.8, 4) is 0 Å². The van der Waals surface area contributed by atoms with E-state index in [4.69, 9.17) is 9.97 Å². The van der Waals surface area contributed by atoms with Crippen LogP contribution in [0.1, 0.15) is 55.2 Å². The van der Waals surface area contributed by atoms with Gasteiger partial charge in [0, 0.05) is 37.3 Å². The van der Waals surface area contributed by atoms with Gasteiger partial charge in [-0.2, -0.15) is 4.31 Å². The fraction of sp³-hybridized carbons (Fsp3) is 0.375. The minimum absolute atomic E-state index is 0.0640. The first kappa shape index (κ1) is 28.2. The molecule has 1 N–H and O–H groups in total. The van der Waals surface area contributed by atoms with Gasteiger partial charge in [-0.25, -0.2) is 18.4 Å². The van der Waals surface area contributed by atoms with Crippen molar-refractivity contribution in [2.24, 2.45) is 0 Å². The van der Waals surface area contributed by atoms with E-state index in [0.717, 1.165) is 58.6 Å². The van der Waals surface area contributed by atoms with Gasteiger partial charge in [0.1, 0.15) is 11.6 Å². The van der Waals surface area contributed by atoms with E-state index in [-0.39, 0.29) is 6.04 Å². The van der Waals surface area contributed by atoms with Crippen molar-refractivity contribution in [2.75, 3.05) is 31.5 Å². The fourth-order valence-electron chi connectivity index (χ4n) is 5.36. The zero-order chi connectivity index (χ0) is 28.3. The van der Waals surface area contributed by atoms with Crippen LogP contribution in [0.3, 0.4) is 0 Å². The normalized spacial score (nSPS) is 15.8. The highest BCUT2D eigenvalue weighted by Gasteiger charge is 2.31. The van der Waals surface area contributed by atoms with Crippen molar-refractivity contribution in [3.05, 3.63) is 89.2 Å². The van der Waals surface area contributed by atoms with E-state index in [2.05, 4.69) is 56.1 Å². The molecule has 0 aliphatic carbocycles. The Balaban J connectivity index is 1.33. The molecular formula is C32H39N5O2S. The van der Waals surface area contributed by atoms with E-state index in [1.54, 1.807) is 16.4 Å². The molecule has 4 aromatic rings. The average Bonchev–Trinajstić information content (AvgIpc) is 2.97. The molecule has 1 saturated heterocycles. The second-order valence-corrected chi connectivity index (χ2v) is 12.6. The standard InChI is InChI=1S/C32H39N5O2S/c1-5-6-12-26-15-17-27(18-16-26)40(38,39)37-21-19-36(20-22-37)25(4)31-33-29-14-8-7-13-28(29)32(35-31)34-30-23(2)10-9-11-24(30)3/h7-11,13-18,25H,5-6,12,19-22H2,1-4H3,(H,33,34,35)/t25-/m0/s1. The molecule has 1 aliphatic heterocycles. The number of rotatable bonds is 9. The Kier molecular flexibility index (Phi) is 8.49. The van der Waals surface area contributed by atoms with Gasteiger partial charge in [0.15, 0.2) is 0 Å². The number of aryl methyl sites for hydroxylation is 3. The lowest BCUT2D eigenvalue weighted by atomic mass is 10.1. The van der Waals surface area contributed by atoms with E-state index in [0.29, 0.717) is 31.1 Å². The Bertz CT molecular complexity index is 1560. The summed E-state index contributed by atoms with van der Waals surface area (Å²) >= 11 is 0. The summed E-state index contributed by atoms with van der Waals surface area (Å²) < 4.78 is 28.3. The number of nitrogens with one attached hydrogen (secondary N) is 1. The third-order valence-electron chi connectivity index (χ3n) is 7.92. The molecule has 3 aromatic carbocycles. The molecule has 0 amide bonds. The van der Waals surface area contributed by atoms with Crippen molar-refractivity contribution < 1.29 is 8.42 Å². The Hall–Kier alpha value is -3.33. The molecule has 1 atom stereocenters. The lowest BCUT2D eigenvalue weighted by molar-refractivity contribution is 0.141. The number of hydrogen-bond acceptors (Lipinski definition) is 6. The first-order valence-electron chi connectivity index (χ1n) is 14.2. The number of anilines is 2. The monoisotopic (exact) mass is 557 g/mol. The van der Waals surface area contributed by atoms with Crippen LogP contribution in [0.4, 0.5) is 11.5 Å². The first-order chi connectivity index (χ1) is 19.3. The van der Waals surface area contributed by atoms with Crippen molar-refractivity contribution >= 4 is 32.4 Å². The second-order valence-electron chi connectivity index (χ2n) is 10.7. The number of para-hydroxylation sites is 2. The fourth-order valence-corrected chi connectivity index (χ4v) is 6.78. The summed E-state index contributed by atoms with van der Waals surface area (Å²) in [6.45, 7) is 10.6. The molecule has 7 nitrogen and oxygen atoms in total. The van der Waals surface area contributed by atoms with Crippen LogP contribution in [0.2, 0.25) is 0 Å². The highest BCUT2D eigenvalue weighted by atomic mass is 32.2. The first-order valence-corrected chi connectivity index (χ1v) is 15.6. The minimum atomic E-state index is -3.53. The van der Waals surface area contributed by atoms with Crippen LogP contribution in [-0.4, -0.2) is 53.8 Å². The number of sulfonamides is 1. The van der Waals surface area contributed by atoms with Crippen LogP contribution in [0.5, 0.6) is 0 Å². The van der Waals surface area contributed by atoms with Gasteiger partial charge >= 0.3 is 0 Å². The van der Waals surface area contributed by atoms with Gasteiger partial charge in [0.25, 0.3) is 0 Å². The van der Waals surface area contributed by atoms with Crippen LogP contribution in [-0.2, 0) is 16.4 Å². The Morgan fingerprint density at radius 2 is 1.55 bits per heavy atom. The number of aromatic nitrogens is 2. The average molecular weight is 558 g/mol. The molecule has 0 radical (unpaired) electrons. The number of unbranched alkanes of at least 4 members (excludes halogenated alkanes) is 1. The zero-order valence-corrected chi connectivity index (χ0v) is 24.7. The molecule has 210 valence electrons. The lowest BCUT2D eigenvalue weighted by Crippen LogP contribution is -2.49. The topological polar surface area (TPSA) is 78.4 Å². The third-order valence-corrected chi connectivity index (χ3v) is 9.83. The smallest absolute Gasteiger partial charge is 0.243 e. The van der Waals surface area contributed by atoms with E-state index in [1.165, 1.54) is 5.56 Å². The number of benzene rings is 3. The van der Waals surface area contributed by atoms with E-state index in [9.17, 15) is 8.42 Å². The Morgan fingerprint density at radius 1 is 0.875 bits per heavy atom. The van der Waals surface area contributed by atoms with Crippen molar-refractivity contribution in [1.29, 1.82) is 0 Å². The van der Waals surface area contributed by atoms with Crippen molar-refractivity contribution in [3.63, 3.8) is 0 Å². The largest absolute Gasteiger partial charge is 0.339 e. The molecule has 0 saturated carbocycles. The van der Waals surface area contributed by atoms with E-state index in [1.807, 2.05) is 36.4 Å². The molecule has 0 bridgehead atoms. The van der Waals surface area contributed by atoms with Gasteiger partial charge in [0.05, 0.1) is 16.5 Å². The molecule has 5 rings (SSSR count). The second kappa shape index (κ2) is 12.0. The molecular weight excluding hydrogens is 518 g/mol. The number of fused-ring (bicyclic) bond motifs is 1. The van der Waals surface area contributed by atoms with Crippen LogP contribution >= 0.6 is 0 Å². The van der Waals surface area contributed by atoms with E-state index >= 15 is 0 Å². The summed E-state index contributed by atoms with van der Waals surface area (Å²) in [6.07, 6.45) is 3.21. The number of nitrogens with zero attached hydrogens (tertiary/aromatic N) is 4. The predicted molar refractivity (Wildman–Crippen MR) is 163 cm³/mol. The number of hydrogen-bond donors (Lipinski definition) is 1. The van der Waals surface area contributed by atoms with Gasteiger partial charge in [-0.15, -0.1) is 0 Å². The van der Waals surface area contributed by atoms with Crippen LogP contribution in [0, 0.1) is 13.8 Å². The van der Waals surface area contributed by atoms with Crippen LogP contribution in [0.25, 0.3) is 10.9 Å². The van der Waals surface area contributed by atoms with Gasteiger partial charge < -0.3 is 5.32 Å². The summed E-state index contributed by atoms with van der Waals surface area (Å²) in [5, 5.41) is 4.55. The molecule has 1 aliphatic rings. The zero-order valence-electron chi connectivity index (χ0n) is 23.9. The van der Waals surface area contributed by atoms with Crippen molar-refractivity contribution in [1.82, 2.24) is 19.2 Å². The Labute approximate surface area is 238 Å². The van der Waals surface area contributed by atoms with E-state index < -0.39 is 10.0 Å². The maximum absolute atomic E-state index is 13.4. The summed E-state index contributed by atoms with van der Waals surface area (Å²) in [5.74, 6) is 1.51. The van der Waals surface area contributed by atoms with Gasteiger partial charge in [-0.3, -0.25) is 4.90 Å². The summed E-state index contributed by atoms with van der Waals surface area (Å²) in [7, 11) is -3.53. The quantitative estimate of drug-likeness (QED) is 0.257. The van der Waals surface area contributed by atoms with Gasteiger partial charge in [-0.05, 0) is 74.6 Å². The third kappa shape index (κ3) is 5.89. The van der Waals surface area contributed by atoms with Gasteiger partial charge in [-0.1, -0.05) is 55.8 Å². The van der Waals surface area contributed by atoms with Gasteiger partial charge in [0.2, 0.25) is 10.0 Å². The number of piperazine rings is 1. The molecule has 1 aromatic heterocycles. The molecule has 2 heterocycles. The molecule has 8 heteroatoms. The molecule has 40 heavy (non-hydrogen) atoms. The van der Waals surface area contributed by atoms with Crippen LogP contribution < -0.4 is 5.32 Å². The molecule has 1 fully saturated rings. The highest BCUT2D eigenvalue weighted by molar-refractivity contribution is 7.89. The Morgan fingerprint density at radius 3 is 2.23 bits per heavy atom. The molecule has 0 spiro atoms. The van der Waals surface area contributed by atoms with Crippen molar-refractivity contribution in [2.45, 2.75) is 57.9 Å². The summed E-state index contributed by atoms with van der Waals surface area (Å²) in [4.78, 5) is 12.6. The highest BCUT2D eigenvalue weighted by Crippen LogP contribution is 2.30. The SMILES string of the molecule is CCCCc1ccc(S(=O)(=O)N2CCN([C@@H](C)c3nc(Nc4c(C)cccc4C)c4ccccc4n3)CC2)cc1. The molecule has 0 unspecified atom stereocenters. The maximum atomic E-state index is 13.4. The minimum Gasteiger partial charge on any atom is -0.339 e. The van der Waals surface area contributed by atoms with Crippen LogP contribution in [0.15, 0.2) is 71.6 Å². The summed E-state index contributed by atoms with van der Waals surface area (Å²) in [5.41, 5.74) is 5.44. The summed E-state index contributed by atoms with van der Waals surface area (Å²) in [6, 6.07) is 21.6. The lowest BCUT2D eigenvalue weighted by Gasteiger charge is -2.37.